The van der Waals surface area contributed by atoms with Crippen LogP contribution in [0.25, 0.3) is 10.2 Å². The monoisotopic (exact) mass is 553 g/mol. The number of nitrogens with zero attached hydrogens (tertiary/aromatic N) is 3. The highest BCUT2D eigenvalue weighted by Crippen LogP contribution is 2.33. The van der Waals surface area contributed by atoms with Crippen LogP contribution in [-0.4, -0.2) is 43.0 Å². The molecule has 0 bridgehead atoms. The number of sulfonamides is 1. The summed E-state index contributed by atoms with van der Waals surface area (Å²) in [6, 6.07) is 22.1. The van der Waals surface area contributed by atoms with E-state index >= 15 is 0 Å². The minimum absolute atomic E-state index is 0.199. The van der Waals surface area contributed by atoms with Gasteiger partial charge in [-0.05, 0) is 67.1 Å². The number of hydrogen-bond donors (Lipinski definition) is 0. The lowest BCUT2D eigenvalue weighted by atomic mass is 10.1. The SMILES string of the molecule is CCCN(CCC)S(=O)(=O)c1ccc(C(=O)N(Cc2ccccc2)c2nc3ccc(SC)cc3s2)cc1. The summed E-state index contributed by atoms with van der Waals surface area (Å²) in [5, 5.41) is 0.607. The molecule has 0 unspecified atom stereocenters. The van der Waals surface area contributed by atoms with Gasteiger partial charge in [0, 0.05) is 23.5 Å². The van der Waals surface area contributed by atoms with Gasteiger partial charge in [0.05, 0.1) is 21.7 Å². The van der Waals surface area contributed by atoms with Gasteiger partial charge in [0.2, 0.25) is 10.0 Å². The van der Waals surface area contributed by atoms with Gasteiger partial charge in [0.15, 0.2) is 5.13 Å². The summed E-state index contributed by atoms with van der Waals surface area (Å²) in [5.74, 6) is -0.226. The summed E-state index contributed by atoms with van der Waals surface area (Å²) in [7, 11) is -3.62. The molecule has 1 heterocycles. The van der Waals surface area contributed by atoms with Crippen molar-refractivity contribution in [2.75, 3.05) is 24.2 Å². The maximum Gasteiger partial charge on any atom is 0.260 e. The van der Waals surface area contributed by atoms with Crippen molar-refractivity contribution in [2.24, 2.45) is 0 Å². The Hall–Kier alpha value is -2.72. The number of anilines is 1. The van der Waals surface area contributed by atoms with Crippen LogP contribution < -0.4 is 4.90 Å². The lowest BCUT2D eigenvalue weighted by Crippen LogP contribution is -2.33. The van der Waals surface area contributed by atoms with E-state index in [4.69, 9.17) is 4.98 Å². The van der Waals surface area contributed by atoms with Crippen molar-refractivity contribution in [1.82, 2.24) is 9.29 Å². The van der Waals surface area contributed by atoms with Crippen LogP contribution >= 0.6 is 23.1 Å². The van der Waals surface area contributed by atoms with E-state index in [1.165, 1.54) is 27.8 Å². The molecule has 4 rings (SSSR count). The summed E-state index contributed by atoms with van der Waals surface area (Å²) in [6.07, 6.45) is 3.51. The van der Waals surface area contributed by atoms with E-state index in [-0.39, 0.29) is 10.8 Å². The van der Waals surface area contributed by atoms with E-state index < -0.39 is 10.0 Å². The third kappa shape index (κ3) is 6.23. The first-order valence-corrected chi connectivity index (χ1v) is 15.8. The van der Waals surface area contributed by atoms with Gasteiger partial charge in [0.25, 0.3) is 5.91 Å². The van der Waals surface area contributed by atoms with Gasteiger partial charge >= 0.3 is 0 Å². The minimum Gasteiger partial charge on any atom is -0.279 e. The molecule has 0 fully saturated rings. The Bertz CT molecular complexity index is 1450. The van der Waals surface area contributed by atoms with Gasteiger partial charge in [-0.15, -0.1) is 11.8 Å². The van der Waals surface area contributed by atoms with Gasteiger partial charge in [-0.25, -0.2) is 13.4 Å². The molecule has 1 aromatic heterocycles. The van der Waals surface area contributed by atoms with Crippen LogP contribution in [0.3, 0.4) is 0 Å². The fraction of sp³-hybridized carbons (Fsp3) is 0.286. The Balaban J connectivity index is 1.68. The molecule has 0 spiro atoms. The van der Waals surface area contributed by atoms with Gasteiger partial charge in [-0.3, -0.25) is 9.69 Å². The first kappa shape index (κ1) is 27.3. The maximum atomic E-state index is 13.8. The van der Waals surface area contributed by atoms with Crippen molar-refractivity contribution < 1.29 is 13.2 Å². The Morgan fingerprint density at radius 1 is 0.946 bits per heavy atom. The van der Waals surface area contributed by atoms with Crippen LogP contribution in [0.5, 0.6) is 0 Å². The van der Waals surface area contributed by atoms with E-state index in [0.29, 0.717) is 30.3 Å². The average Bonchev–Trinajstić information content (AvgIpc) is 3.35. The Kier molecular flexibility index (Phi) is 9.02. The molecule has 37 heavy (non-hydrogen) atoms. The normalized spacial score (nSPS) is 11.8. The van der Waals surface area contributed by atoms with Crippen LogP contribution in [0, 0.1) is 0 Å². The van der Waals surface area contributed by atoms with Crippen LogP contribution in [0.1, 0.15) is 42.6 Å². The first-order valence-electron chi connectivity index (χ1n) is 12.3. The summed E-state index contributed by atoms with van der Waals surface area (Å²) < 4.78 is 28.8. The minimum atomic E-state index is -3.62. The van der Waals surface area contributed by atoms with Crippen molar-refractivity contribution in [3.8, 4) is 0 Å². The van der Waals surface area contributed by atoms with Crippen molar-refractivity contribution in [3.63, 3.8) is 0 Å². The van der Waals surface area contributed by atoms with Gasteiger partial charge in [0.1, 0.15) is 0 Å². The molecule has 0 N–H and O–H groups in total. The number of benzene rings is 3. The number of aromatic nitrogens is 1. The molecule has 0 aliphatic carbocycles. The number of hydrogen-bond acceptors (Lipinski definition) is 6. The highest BCUT2D eigenvalue weighted by Gasteiger charge is 2.25. The summed E-state index contributed by atoms with van der Waals surface area (Å²) in [6.45, 7) is 5.22. The first-order chi connectivity index (χ1) is 17.9. The number of rotatable bonds is 11. The fourth-order valence-corrected chi connectivity index (χ4v) is 7.19. The zero-order chi connectivity index (χ0) is 26.4. The molecule has 0 radical (unpaired) electrons. The third-order valence-corrected chi connectivity index (χ3v) is 9.61. The average molecular weight is 554 g/mol. The van der Waals surface area contributed by atoms with E-state index in [9.17, 15) is 13.2 Å². The number of amides is 1. The molecule has 0 aliphatic heterocycles. The maximum absolute atomic E-state index is 13.8. The molecule has 3 aromatic carbocycles. The van der Waals surface area contributed by atoms with E-state index in [1.807, 2.05) is 62.6 Å². The number of carbonyl (C=O) groups is 1. The van der Waals surface area contributed by atoms with E-state index in [1.54, 1.807) is 28.8 Å². The molecule has 9 heteroatoms. The lowest BCUT2D eigenvalue weighted by molar-refractivity contribution is 0.0985. The second kappa shape index (κ2) is 12.2. The second-order valence-electron chi connectivity index (χ2n) is 8.64. The van der Waals surface area contributed by atoms with Crippen LogP contribution in [0.2, 0.25) is 0 Å². The van der Waals surface area contributed by atoms with Crippen molar-refractivity contribution in [1.29, 1.82) is 0 Å². The van der Waals surface area contributed by atoms with Crippen LogP contribution in [0.15, 0.2) is 82.6 Å². The number of thiazole rings is 1. The number of carbonyl (C=O) groups excluding carboxylic acids is 1. The largest absolute Gasteiger partial charge is 0.279 e. The lowest BCUT2D eigenvalue weighted by Gasteiger charge is -2.22. The quantitative estimate of drug-likeness (QED) is 0.194. The Morgan fingerprint density at radius 3 is 2.24 bits per heavy atom. The van der Waals surface area contributed by atoms with Crippen LogP contribution in [0.4, 0.5) is 5.13 Å². The van der Waals surface area contributed by atoms with E-state index in [0.717, 1.165) is 33.5 Å². The molecular formula is C28H31N3O3S3. The molecule has 6 nitrogen and oxygen atoms in total. The molecule has 0 saturated carbocycles. The predicted molar refractivity (Wildman–Crippen MR) is 154 cm³/mol. The Labute approximate surface area is 227 Å². The predicted octanol–water partition coefficient (Wildman–Crippen LogP) is 6.68. The zero-order valence-corrected chi connectivity index (χ0v) is 23.7. The molecule has 4 aromatic rings. The van der Waals surface area contributed by atoms with Crippen LogP contribution in [-0.2, 0) is 16.6 Å². The Morgan fingerprint density at radius 2 is 1.62 bits per heavy atom. The highest BCUT2D eigenvalue weighted by molar-refractivity contribution is 7.98. The number of fused-ring (bicyclic) bond motifs is 1. The fourth-order valence-electron chi connectivity index (χ4n) is 4.05. The molecule has 0 saturated heterocycles. The number of thioether (sulfide) groups is 1. The summed E-state index contributed by atoms with van der Waals surface area (Å²) >= 11 is 3.14. The third-order valence-electron chi connectivity index (χ3n) is 5.93. The smallest absolute Gasteiger partial charge is 0.260 e. The van der Waals surface area contributed by atoms with Gasteiger partial charge < -0.3 is 0 Å². The molecular weight excluding hydrogens is 523 g/mol. The molecule has 0 atom stereocenters. The molecule has 194 valence electrons. The van der Waals surface area contributed by atoms with Crippen molar-refractivity contribution >= 4 is 54.4 Å². The second-order valence-corrected chi connectivity index (χ2v) is 12.5. The summed E-state index contributed by atoms with van der Waals surface area (Å²) in [5.41, 5.74) is 2.24. The van der Waals surface area contributed by atoms with E-state index in [2.05, 4.69) is 6.07 Å². The molecule has 0 aliphatic rings. The van der Waals surface area contributed by atoms with Gasteiger partial charge in [-0.2, -0.15) is 4.31 Å². The van der Waals surface area contributed by atoms with Crippen molar-refractivity contribution in [3.05, 3.63) is 83.9 Å². The molecule has 1 amide bonds. The zero-order valence-electron chi connectivity index (χ0n) is 21.3. The van der Waals surface area contributed by atoms with Gasteiger partial charge in [-0.1, -0.05) is 55.5 Å². The topological polar surface area (TPSA) is 70.6 Å². The standard InChI is InChI=1S/C28H31N3O3S3/c1-4-17-30(18-5-2)37(33,34)24-14-11-22(12-15-24)27(32)31(20-21-9-7-6-8-10-21)28-29-25-16-13-23(35-3)19-26(25)36-28/h6-16,19H,4-5,17-18,20H2,1-3H3. The van der Waals surface area contributed by atoms with Crippen molar-refractivity contribution in [2.45, 2.75) is 43.0 Å². The highest BCUT2D eigenvalue weighted by atomic mass is 32.2. The summed E-state index contributed by atoms with van der Waals surface area (Å²) in [4.78, 5) is 21.6.